The molecule has 108 valence electrons. The first kappa shape index (κ1) is 13.3. The highest BCUT2D eigenvalue weighted by atomic mass is 16.2. The van der Waals surface area contributed by atoms with Crippen LogP contribution in [0.15, 0.2) is 29.3 Å². The first-order valence-corrected chi connectivity index (χ1v) is 6.60. The molecule has 0 saturated carbocycles. The molecule has 0 unspecified atom stereocenters. The highest BCUT2D eigenvalue weighted by Crippen LogP contribution is 2.09. The summed E-state index contributed by atoms with van der Waals surface area (Å²) in [5, 5.41) is 3.02. The van der Waals surface area contributed by atoms with Crippen molar-refractivity contribution in [2.75, 3.05) is 13.1 Å². The van der Waals surface area contributed by atoms with Gasteiger partial charge in [-0.2, -0.15) is 0 Å². The van der Waals surface area contributed by atoms with Crippen LogP contribution in [-0.2, 0) is 11.3 Å². The van der Waals surface area contributed by atoms with Crippen LogP contribution in [0.25, 0.3) is 10.9 Å². The molecule has 1 aromatic heterocycles. The van der Waals surface area contributed by atoms with E-state index < -0.39 is 11.9 Å². The SMILES string of the molecule is Cc1ccc2ncn(CC(=O)N3CCNC3=O)c(=O)c2c1. The van der Waals surface area contributed by atoms with Crippen molar-refractivity contribution in [1.29, 1.82) is 0 Å². The van der Waals surface area contributed by atoms with Gasteiger partial charge in [-0.05, 0) is 19.1 Å². The number of imide groups is 1. The smallest absolute Gasteiger partial charge is 0.324 e. The Kier molecular flexibility index (Phi) is 3.17. The number of rotatable bonds is 2. The number of carbonyl (C=O) groups excluding carboxylic acids is 2. The Labute approximate surface area is 120 Å². The average molecular weight is 286 g/mol. The van der Waals surface area contributed by atoms with Gasteiger partial charge in [0.1, 0.15) is 6.54 Å². The first-order valence-electron chi connectivity index (χ1n) is 6.60. The van der Waals surface area contributed by atoms with Gasteiger partial charge in [0, 0.05) is 13.1 Å². The van der Waals surface area contributed by atoms with Gasteiger partial charge in [0.05, 0.1) is 17.2 Å². The molecule has 0 bridgehead atoms. The van der Waals surface area contributed by atoms with Crippen LogP contribution in [0, 0.1) is 6.92 Å². The highest BCUT2D eigenvalue weighted by Gasteiger charge is 2.26. The zero-order valence-corrected chi connectivity index (χ0v) is 11.5. The molecule has 7 nitrogen and oxygen atoms in total. The van der Waals surface area contributed by atoms with Crippen molar-refractivity contribution in [2.45, 2.75) is 13.5 Å². The summed E-state index contributed by atoms with van der Waals surface area (Å²) in [5.41, 5.74) is 1.26. The summed E-state index contributed by atoms with van der Waals surface area (Å²) in [6, 6.07) is 4.97. The number of hydrogen-bond acceptors (Lipinski definition) is 4. The Morgan fingerprint density at radius 2 is 2.19 bits per heavy atom. The third-order valence-corrected chi connectivity index (χ3v) is 3.44. The minimum Gasteiger partial charge on any atom is -0.336 e. The number of nitrogens with one attached hydrogen (secondary N) is 1. The molecular weight excluding hydrogens is 272 g/mol. The number of hydrogen-bond donors (Lipinski definition) is 1. The number of aromatic nitrogens is 2. The fourth-order valence-electron chi connectivity index (χ4n) is 2.33. The van der Waals surface area contributed by atoms with E-state index in [0.717, 1.165) is 10.5 Å². The zero-order chi connectivity index (χ0) is 15.0. The third-order valence-electron chi connectivity index (χ3n) is 3.44. The summed E-state index contributed by atoms with van der Waals surface area (Å²) in [5.74, 6) is -0.416. The van der Waals surface area contributed by atoms with Crippen molar-refractivity contribution < 1.29 is 9.59 Å². The number of benzene rings is 1. The standard InChI is InChI=1S/C14H14N4O3/c1-9-2-3-11-10(6-9)13(20)17(8-16-11)7-12(19)18-5-4-15-14(18)21/h2-3,6,8H,4-5,7H2,1H3,(H,15,21). The van der Waals surface area contributed by atoms with Crippen molar-refractivity contribution in [3.05, 3.63) is 40.4 Å². The van der Waals surface area contributed by atoms with E-state index in [0.29, 0.717) is 24.0 Å². The maximum Gasteiger partial charge on any atom is 0.324 e. The van der Waals surface area contributed by atoms with Crippen LogP contribution in [0.3, 0.4) is 0 Å². The van der Waals surface area contributed by atoms with Crippen LogP contribution in [0.5, 0.6) is 0 Å². The van der Waals surface area contributed by atoms with E-state index in [1.165, 1.54) is 10.9 Å². The lowest BCUT2D eigenvalue weighted by atomic mass is 10.2. The van der Waals surface area contributed by atoms with Gasteiger partial charge >= 0.3 is 6.03 Å². The predicted molar refractivity (Wildman–Crippen MR) is 75.9 cm³/mol. The summed E-state index contributed by atoms with van der Waals surface area (Å²) in [4.78, 5) is 41.1. The second kappa shape index (κ2) is 5.01. The van der Waals surface area contributed by atoms with Crippen LogP contribution < -0.4 is 10.9 Å². The van der Waals surface area contributed by atoms with E-state index in [9.17, 15) is 14.4 Å². The summed E-state index contributed by atoms with van der Waals surface area (Å²) >= 11 is 0. The van der Waals surface area contributed by atoms with Crippen molar-refractivity contribution in [3.63, 3.8) is 0 Å². The molecule has 1 fully saturated rings. The molecule has 0 radical (unpaired) electrons. The Balaban J connectivity index is 1.94. The van der Waals surface area contributed by atoms with Crippen molar-refractivity contribution >= 4 is 22.8 Å². The lowest BCUT2D eigenvalue weighted by molar-refractivity contribution is -0.128. The summed E-state index contributed by atoms with van der Waals surface area (Å²) in [6.07, 6.45) is 1.34. The molecule has 1 aromatic carbocycles. The molecule has 1 saturated heterocycles. The van der Waals surface area contributed by atoms with Crippen molar-refractivity contribution in [2.24, 2.45) is 0 Å². The number of urea groups is 1. The van der Waals surface area contributed by atoms with E-state index in [2.05, 4.69) is 10.3 Å². The number of aryl methyl sites for hydroxylation is 1. The monoisotopic (exact) mass is 286 g/mol. The zero-order valence-electron chi connectivity index (χ0n) is 11.5. The molecule has 3 amide bonds. The second-order valence-corrected chi connectivity index (χ2v) is 4.98. The van der Waals surface area contributed by atoms with Gasteiger partial charge in [-0.15, -0.1) is 0 Å². The lowest BCUT2D eigenvalue weighted by Gasteiger charge is -2.13. The quantitative estimate of drug-likeness (QED) is 0.858. The van der Waals surface area contributed by atoms with Crippen LogP contribution in [0.4, 0.5) is 4.79 Å². The molecule has 1 aliphatic heterocycles. The summed E-state index contributed by atoms with van der Waals surface area (Å²) in [6.45, 7) is 2.46. The average Bonchev–Trinajstić information content (AvgIpc) is 2.89. The summed E-state index contributed by atoms with van der Waals surface area (Å²) < 4.78 is 1.23. The molecule has 3 rings (SSSR count). The van der Waals surface area contributed by atoms with E-state index in [1.54, 1.807) is 12.1 Å². The third kappa shape index (κ3) is 2.37. The van der Waals surface area contributed by atoms with Crippen molar-refractivity contribution in [1.82, 2.24) is 19.8 Å². The molecule has 0 spiro atoms. The number of fused-ring (bicyclic) bond motifs is 1. The van der Waals surface area contributed by atoms with Gasteiger partial charge in [-0.3, -0.25) is 19.1 Å². The molecule has 1 N–H and O–H groups in total. The highest BCUT2D eigenvalue weighted by molar-refractivity contribution is 5.95. The Morgan fingerprint density at radius 1 is 1.38 bits per heavy atom. The van der Waals surface area contributed by atoms with Gasteiger partial charge in [-0.1, -0.05) is 11.6 Å². The Hall–Kier alpha value is -2.70. The van der Waals surface area contributed by atoms with Crippen LogP contribution in [0.1, 0.15) is 5.56 Å². The lowest BCUT2D eigenvalue weighted by Crippen LogP contribution is -2.38. The van der Waals surface area contributed by atoms with Crippen LogP contribution in [0.2, 0.25) is 0 Å². The molecule has 2 heterocycles. The van der Waals surface area contributed by atoms with E-state index in [1.807, 2.05) is 13.0 Å². The second-order valence-electron chi connectivity index (χ2n) is 4.98. The molecule has 0 aliphatic carbocycles. The molecule has 7 heteroatoms. The molecule has 1 aliphatic rings. The summed E-state index contributed by atoms with van der Waals surface area (Å²) in [7, 11) is 0. The van der Waals surface area contributed by atoms with Crippen molar-refractivity contribution in [3.8, 4) is 0 Å². The fraction of sp³-hybridized carbons (Fsp3) is 0.286. The number of carbonyl (C=O) groups is 2. The van der Waals surface area contributed by atoms with Gasteiger partial charge in [0.2, 0.25) is 0 Å². The van der Waals surface area contributed by atoms with Gasteiger partial charge < -0.3 is 5.32 Å². The maximum atomic E-state index is 12.4. The normalized spacial score (nSPS) is 14.5. The first-order chi connectivity index (χ1) is 10.1. The topological polar surface area (TPSA) is 84.3 Å². The largest absolute Gasteiger partial charge is 0.336 e. The minimum absolute atomic E-state index is 0.191. The van der Waals surface area contributed by atoms with Gasteiger partial charge in [0.25, 0.3) is 11.5 Å². The number of nitrogens with zero attached hydrogens (tertiary/aromatic N) is 3. The van der Waals surface area contributed by atoms with E-state index in [-0.39, 0.29) is 12.1 Å². The van der Waals surface area contributed by atoms with Gasteiger partial charge in [0.15, 0.2) is 0 Å². The Bertz CT molecular complexity index is 796. The molecule has 21 heavy (non-hydrogen) atoms. The van der Waals surface area contributed by atoms with E-state index >= 15 is 0 Å². The molecule has 2 aromatic rings. The van der Waals surface area contributed by atoms with Crippen LogP contribution >= 0.6 is 0 Å². The Morgan fingerprint density at radius 3 is 2.90 bits per heavy atom. The van der Waals surface area contributed by atoms with Crippen LogP contribution in [-0.4, -0.2) is 39.5 Å². The van der Waals surface area contributed by atoms with E-state index in [4.69, 9.17) is 0 Å². The molecular formula is C14H14N4O3. The minimum atomic E-state index is -0.419. The maximum absolute atomic E-state index is 12.4. The number of amides is 3. The predicted octanol–water partition coefficient (Wildman–Crippen LogP) is 0.257. The molecule has 0 atom stereocenters. The van der Waals surface area contributed by atoms with Gasteiger partial charge in [-0.25, -0.2) is 9.78 Å². The fourth-order valence-corrected chi connectivity index (χ4v) is 2.33.